The zero-order valence-electron chi connectivity index (χ0n) is 15.0. The monoisotopic (exact) mass is 366 g/mol. The molecule has 2 aromatic carbocycles. The highest BCUT2D eigenvalue weighted by atomic mass is 19.1. The Labute approximate surface area is 156 Å². The van der Waals surface area contributed by atoms with Crippen molar-refractivity contribution in [3.63, 3.8) is 0 Å². The molecule has 0 aliphatic rings. The smallest absolute Gasteiger partial charge is 0.248 e. The molecule has 5 nitrogen and oxygen atoms in total. The minimum absolute atomic E-state index is 0.169. The fourth-order valence-electron chi connectivity index (χ4n) is 2.99. The maximum atomic E-state index is 14.1. The van der Waals surface area contributed by atoms with Gasteiger partial charge in [0.15, 0.2) is 6.61 Å². The van der Waals surface area contributed by atoms with Crippen molar-refractivity contribution < 1.29 is 18.7 Å². The first-order chi connectivity index (χ1) is 12.9. The van der Waals surface area contributed by atoms with Crippen molar-refractivity contribution in [1.29, 1.82) is 0 Å². The number of aryl methyl sites for hydroxylation is 1. The van der Waals surface area contributed by atoms with Gasteiger partial charge in [0.25, 0.3) is 0 Å². The Bertz CT molecular complexity index is 1010. The second-order valence-electron chi connectivity index (χ2n) is 6.17. The number of nitrogens with two attached hydrogens (primary N) is 1. The van der Waals surface area contributed by atoms with Crippen molar-refractivity contribution in [2.45, 2.75) is 13.8 Å². The third kappa shape index (κ3) is 3.74. The minimum Gasteiger partial charge on any atom is -0.485 e. The number of hydrogen-bond donors (Lipinski definition) is 1. The number of benzene rings is 2. The lowest BCUT2D eigenvalue weighted by atomic mass is 10.1. The standard InChI is InChI=1S/C21H19FN2O3/c1-13-11-17(14(2)24(13)19-6-4-3-5-18(19)22)20(25)12-27-16-9-7-15(8-10-16)21(23)26/h3-11H,12H2,1-2H3,(H2,23,26). The van der Waals surface area contributed by atoms with Gasteiger partial charge in [0, 0.05) is 22.5 Å². The van der Waals surface area contributed by atoms with Gasteiger partial charge < -0.3 is 15.0 Å². The summed E-state index contributed by atoms with van der Waals surface area (Å²) >= 11 is 0. The van der Waals surface area contributed by atoms with Crippen LogP contribution in [0.3, 0.4) is 0 Å². The average molecular weight is 366 g/mol. The number of nitrogens with zero attached hydrogens (tertiary/aromatic N) is 1. The molecule has 6 heteroatoms. The van der Waals surface area contributed by atoms with Crippen molar-refractivity contribution in [2.75, 3.05) is 6.61 Å². The van der Waals surface area contributed by atoms with E-state index in [4.69, 9.17) is 10.5 Å². The second kappa shape index (κ2) is 7.45. The van der Waals surface area contributed by atoms with E-state index in [1.165, 1.54) is 18.2 Å². The molecule has 3 rings (SSSR count). The maximum Gasteiger partial charge on any atom is 0.248 e. The molecule has 1 amide bonds. The lowest BCUT2D eigenvalue weighted by Gasteiger charge is -2.11. The molecule has 0 aliphatic heterocycles. The van der Waals surface area contributed by atoms with Crippen LogP contribution in [0.25, 0.3) is 5.69 Å². The number of carbonyl (C=O) groups excluding carboxylic acids is 2. The number of rotatable bonds is 6. The molecule has 3 aromatic rings. The summed E-state index contributed by atoms with van der Waals surface area (Å²) in [6.07, 6.45) is 0. The first-order valence-electron chi connectivity index (χ1n) is 8.38. The van der Waals surface area contributed by atoms with Gasteiger partial charge in [-0.1, -0.05) is 12.1 Å². The summed E-state index contributed by atoms with van der Waals surface area (Å²) in [5, 5.41) is 0. The number of aromatic nitrogens is 1. The lowest BCUT2D eigenvalue weighted by molar-refractivity contribution is 0.0919. The number of amides is 1. The SMILES string of the molecule is Cc1cc(C(=O)COc2ccc(C(N)=O)cc2)c(C)n1-c1ccccc1F. The predicted molar refractivity (Wildman–Crippen MR) is 100.0 cm³/mol. The van der Waals surface area contributed by atoms with Crippen molar-refractivity contribution in [3.8, 4) is 11.4 Å². The van der Waals surface area contributed by atoms with E-state index in [1.807, 2.05) is 6.92 Å². The molecule has 0 bridgehead atoms. The van der Waals surface area contributed by atoms with Crippen LogP contribution in [0.4, 0.5) is 4.39 Å². The number of halogens is 1. The van der Waals surface area contributed by atoms with Gasteiger partial charge in [0.05, 0.1) is 5.69 Å². The van der Waals surface area contributed by atoms with Crippen LogP contribution in [-0.2, 0) is 0 Å². The molecule has 0 fully saturated rings. The first kappa shape index (κ1) is 18.4. The maximum absolute atomic E-state index is 14.1. The summed E-state index contributed by atoms with van der Waals surface area (Å²) in [4.78, 5) is 23.7. The van der Waals surface area contributed by atoms with Gasteiger partial charge in [-0.2, -0.15) is 0 Å². The fraction of sp³-hybridized carbons (Fsp3) is 0.143. The Balaban J connectivity index is 1.79. The number of Topliss-reactive ketones (excluding diaryl/α,β-unsaturated/α-hetero) is 1. The molecule has 0 unspecified atom stereocenters. The molecule has 1 aromatic heterocycles. The third-order valence-corrected chi connectivity index (χ3v) is 4.33. The van der Waals surface area contributed by atoms with Crippen molar-refractivity contribution >= 4 is 11.7 Å². The van der Waals surface area contributed by atoms with Gasteiger partial charge >= 0.3 is 0 Å². The van der Waals surface area contributed by atoms with E-state index in [0.717, 1.165) is 5.69 Å². The molecule has 0 atom stereocenters. The van der Waals surface area contributed by atoms with Gasteiger partial charge in [-0.15, -0.1) is 0 Å². The summed E-state index contributed by atoms with van der Waals surface area (Å²) in [7, 11) is 0. The molecule has 0 saturated carbocycles. The summed E-state index contributed by atoms with van der Waals surface area (Å²) in [5.41, 5.74) is 7.83. The summed E-state index contributed by atoms with van der Waals surface area (Å²) in [5.74, 6) is -0.650. The summed E-state index contributed by atoms with van der Waals surface area (Å²) in [6.45, 7) is 3.42. The van der Waals surface area contributed by atoms with E-state index < -0.39 is 5.91 Å². The number of para-hydroxylation sites is 1. The molecule has 138 valence electrons. The highest BCUT2D eigenvalue weighted by Crippen LogP contribution is 2.23. The zero-order valence-corrected chi connectivity index (χ0v) is 15.0. The Kier molecular flexibility index (Phi) is 5.07. The van der Waals surface area contributed by atoms with Crippen LogP contribution in [0.15, 0.2) is 54.6 Å². The number of primary amides is 1. The highest BCUT2D eigenvalue weighted by Gasteiger charge is 2.18. The van der Waals surface area contributed by atoms with E-state index in [1.54, 1.807) is 47.9 Å². The van der Waals surface area contributed by atoms with E-state index in [9.17, 15) is 14.0 Å². The molecule has 1 heterocycles. The van der Waals surface area contributed by atoms with Crippen LogP contribution in [0.5, 0.6) is 5.75 Å². The molecule has 2 N–H and O–H groups in total. The second-order valence-corrected chi connectivity index (χ2v) is 6.17. The van der Waals surface area contributed by atoms with Gasteiger partial charge in [0.1, 0.15) is 11.6 Å². The Morgan fingerprint density at radius 2 is 1.74 bits per heavy atom. The van der Waals surface area contributed by atoms with Crippen LogP contribution in [0.2, 0.25) is 0 Å². The Hall–Kier alpha value is -3.41. The van der Waals surface area contributed by atoms with E-state index in [0.29, 0.717) is 28.3 Å². The Morgan fingerprint density at radius 3 is 2.37 bits per heavy atom. The average Bonchev–Trinajstić information content (AvgIpc) is 2.95. The number of ketones is 1. The quantitative estimate of drug-likeness (QED) is 0.678. The predicted octanol–water partition coefficient (Wildman–Crippen LogP) is 3.59. The van der Waals surface area contributed by atoms with Crippen LogP contribution in [-0.4, -0.2) is 22.9 Å². The molecule has 0 saturated heterocycles. The van der Waals surface area contributed by atoms with E-state index in [2.05, 4.69) is 0 Å². The number of ether oxygens (including phenoxy) is 1. The topological polar surface area (TPSA) is 74.3 Å². The number of hydrogen-bond acceptors (Lipinski definition) is 3. The van der Waals surface area contributed by atoms with Crippen molar-refractivity contribution in [2.24, 2.45) is 5.73 Å². The first-order valence-corrected chi connectivity index (χ1v) is 8.38. The summed E-state index contributed by atoms with van der Waals surface area (Å²) in [6, 6.07) is 14.4. The minimum atomic E-state index is -0.529. The zero-order chi connectivity index (χ0) is 19.6. The van der Waals surface area contributed by atoms with Gasteiger partial charge in [-0.05, 0) is 56.3 Å². The van der Waals surface area contributed by atoms with E-state index in [-0.39, 0.29) is 18.2 Å². The normalized spacial score (nSPS) is 10.6. The van der Waals surface area contributed by atoms with Gasteiger partial charge in [-0.25, -0.2) is 4.39 Å². The lowest BCUT2D eigenvalue weighted by Crippen LogP contribution is -2.13. The molecule has 0 radical (unpaired) electrons. The van der Waals surface area contributed by atoms with Crippen LogP contribution in [0, 0.1) is 19.7 Å². The third-order valence-electron chi connectivity index (χ3n) is 4.33. The van der Waals surface area contributed by atoms with E-state index >= 15 is 0 Å². The van der Waals surface area contributed by atoms with Crippen LogP contribution < -0.4 is 10.5 Å². The largest absolute Gasteiger partial charge is 0.485 e. The van der Waals surface area contributed by atoms with Crippen LogP contribution >= 0.6 is 0 Å². The van der Waals surface area contributed by atoms with Gasteiger partial charge in [0.2, 0.25) is 11.7 Å². The molecular formula is C21H19FN2O3. The highest BCUT2D eigenvalue weighted by molar-refractivity contribution is 5.99. The Morgan fingerprint density at radius 1 is 1.07 bits per heavy atom. The molecular weight excluding hydrogens is 347 g/mol. The van der Waals surface area contributed by atoms with Crippen molar-refractivity contribution in [1.82, 2.24) is 4.57 Å². The number of carbonyl (C=O) groups is 2. The molecule has 0 spiro atoms. The van der Waals surface area contributed by atoms with Gasteiger partial charge in [-0.3, -0.25) is 9.59 Å². The molecule has 27 heavy (non-hydrogen) atoms. The summed E-state index contributed by atoms with van der Waals surface area (Å²) < 4.78 is 21.4. The van der Waals surface area contributed by atoms with Crippen molar-refractivity contribution in [3.05, 3.63) is 82.9 Å². The fourth-order valence-corrected chi connectivity index (χ4v) is 2.99. The molecule has 0 aliphatic carbocycles. The van der Waals surface area contributed by atoms with Crippen LogP contribution in [0.1, 0.15) is 32.1 Å².